The Bertz CT molecular complexity index is 535. The van der Waals surface area contributed by atoms with E-state index in [2.05, 4.69) is 4.57 Å². The van der Waals surface area contributed by atoms with Gasteiger partial charge in [-0.3, -0.25) is 0 Å². The van der Waals surface area contributed by atoms with Crippen molar-refractivity contribution < 1.29 is 10.2 Å². The number of aryl methyl sites for hydroxylation is 1. The highest BCUT2D eigenvalue weighted by molar-refractivity contribution is 5.86. The van der Waals surface area contributed by atoms with Gasteiger partial charge in [-0.15, -0.1) is 0 Å². The van der Waals surface area contributed by atoms with Crippen molar-refractivity contribution in [3.63, 3.8) is 0 Å². The van der Waals surface area contributed by atoms with Crippen LogP contribution in [0.4, 0.5) is 0 Å². The van der Waals surface area contributed by atoms with Crippen molar-refractivity contribution in [3.8, 4) is 5.75 Å². The number of phenolic OH excluding ortho intramolecular Hbond substituents is 1. The fourth-order valence-corrected chi connectivity index (χ4v) is 2.31. The van der Waals surface area contributed by atoms with Crippen molar-refractivity contribution in [3.05, 3.63) is 30.0 Å². The molecule has 0 aliphatic heterocycles. The van der Waals surface area contributed by atoms with Gasteiger partial charge in [0.15, 0.2) is 0 Å². The van der Waals surface area contributed by atoms with E-state index < -0.39 is 5.60 Å². The van der Waals surface area contributed by atoms with E-state index in [1.54, 1.807) is 19.9 Å². The van der Waals surface area contributed by atoms with Crippen LogP contribution in [0, 0.1) is 0 Å². The molecule has 0 amide bonds. The first-order chi connectivity index (χ1) is 7.92. The van der Waals surface area contributed by atoms with Crippen molar-refractivity contribution in [2.45, 2.75) is 39.3 Å². The van der Waals surface area contributed by atoms with Gasteiger partial charge in [0.2, 0.25) is 0 Å². The van der Waals surface area contributed by atoms with Crippen LogP contribution in [-0.2, 0) is 13.0 Å². The molecule has 17 heavy (non-hydrogen) atoms. The molecule has 2 rings (SSSR count). The minimum Gasteiger partial charge on any atom is -0.506 e. The SMILES string of the molecule is CCn1c(CC(C)(C)O)cc2cccc(O)c21. The fourth-order valence-electron chi connectivity index (χ4n) is 2.31. The van der Waals surface area contributed by atoms with E-state index in [4.69, 9.17) is 0 Å². The molecule has 1 aromatic carbocycles. The molecule has 0 fully saturated rings. The molecule has 0 unspecified atom stereocenters. The molecule has 3 heteroatoms. The lowest BCUT2D eigenvalue weighted by Crippen LogP contribution is -2.23. The van der Waals surface area contributed by atoms with Crippen LogP contribution in [-0.4, -0.2) is 20.4 Å². The molecule has 0 atom stereocenters. The molecule has 1 aromatic heterocycles. The van der Waals surface area contributed by atoms with Crippen LogP contribution < -0.4 is 0 Å². The summed E-state index contributed by atoms with van der Waals surface area (Å²) in [5, 5.41) is 20.8. The molecule has 3 nitrogen and oxygen atoms in total. The second kappa shape index (κ2) is 4.08. The standard InChI is InChI=1S/C14H19NO2/c1-4-15-11(9-14(2,3)17)8-10-6-5-7-12(16)13(10)15/h5-8,16-17H,4,9H2,1-3H3. The zero-order valence-electron chi connectivity index (χ0n) is 10.6. The Balaban J connectivity index is 2.61. The lowest BCUT2D eigenvalue weighted by atomic mass is 10.0. The zero-order valence-corrected chi connectivity index (χ0v) is 10.6. The van der Waals surface area contributed by atoms with Crippen LogP contribution in [0.1, 0.15) is 26.5 Å². The van der Waals surface area contributed by atoms with Crippen molar-refractivity contribution >= 4 is 10.9 Å². The zero-order chi connectivity index (χ0) is 12.6. The number of rotatable bonds is 3. The minimum absolute atomic E-state index is 0.298. The second-order valence-corrected chi connectivity index (χ2v) is 5.08. The monoisotopic (exact) mass is 233 g/mol. The molecular formula is C14H19NO2. The summed E-state index contributed by atoms with van der Waals surface area (Å²) in [7, 11) is 0. The highest BCUT2D eigenvalue weighted by atomic mass is 16.3. The molecule has 0 spiro atoms. The second-order valence-electron chi connectivity index (χ2n) is 5.08. The van der Waals surface area contributed by atoms with Crippen molar-refractivity contribution in [1.29, 1.82) is 0 Å². The molecule has 92 valence electrons. The number of aromatic hydroxyl groups is 1. The number of benzene rings is 1. The molecule has 2 N–H and O–H groups in total. The first-order valence-electron chi connectivity index (χ1n) is 5.95. The molecular weight excluding hydrogens is 214 g/mol. The Morgan fingerprint density at radius 3 is 2.59 bits per heavy atom. The highest BCUT2D eigenvalue weighted by Gasteiger charge is 2.18. The maximum atomic E-state index is 9.91. The first-order valence-corrected chi connectivity index (χ1v) is 5.95. The van der Waals surface area contributed by atoms with Gasteiger partial charge < -0.3 is 14.8 Å². The number of para-hydroxylation sites is 1. The minimum atomic E-state index is -0.739. The first kappa shape index (κ1) is 12.0. The van der Waals surface area contributed by atoms with Crippen LogP contribution in [0.5, 0.6) is 5.75 Å². The number of hydrogen-bond donors (Lipinski definition) is 2. The predicted molar refractivity (Wildman–Crippen MR) is 69.3 cm³/mol. The van der Waals surface area contributed by atoms with Gasteiger partial charge in [-0.25, -0.2) is 0 Å². The lowest BCUT2D eigenvalue weighted by Gasteiger charge is -2.18. The van der Waals surface area contributed by atoms with Gasteiger partial charge in [-0.2, -0.15) is 0 Å². The summed E-state index contributed by atoms with van der Waals surface area (Å²) in [5.41, 5.74) is 1.17. The molecule has 1 heterocycles. The number of aliphatic hydroxyl groups is 1. The van der Waals surface area contributed by atoms with E-state index in [-0.39, 0.29) is 0 Å². The quantitative estimate of drug-likeness (QED) is 0.856. The van der Waals surface area contributed by atoms with E-state index in [0.29, 0.717) is 12.2 Å². The van der Waals surface area contributed by atoms with Crippen molar-refractivity contribution in [1.82, 2.24) is 4.57 Å². The number of phenols is 1. The summed E-state index contributed by atoms with van der Waals surface area (Å²) in [6.45, 7) is 6.42. The number of fused-ring (bicyclic) bond motifs is 1. The summed E-state index contributed by atoms with van der Waals surface area (Å²) < 4.78 is 2.06. The average molecular weight is 233 g/mol. The van der Waals surface area contributed by atoms with Crippen LogP contribution in [0.15, 0.2) is 24.3 Å². The third kappa shape index (κ3) is 2.29. The Morgan fingerprint density at radius 1 is 1.29 bits per heavy atom. The smallest absolute Gasteiger partial charge is 0.139 e. The van der Waals surface area contributed by atoms with Gasteiger partial charge in [0.25, 0.3) is 0 Å². The average Bonchev–Trinajstić information content (AvgIpc) is 2.53. The van der Waals surface area contributed by atoms with Crippen LogP contribution in [0.2, 0.25) is 0 Å². The Hall–Kier alpha value is -1.48. The number of nitrogens with zero attached hydrogens (tertiary/aromatic N) is 1. The van der Waals surface area contributed by atoms with Gasteiger partial charge in [0.05, 0.1) is 11.1 Å². The van der Waals surface area contributed by atoms with Gasteiger partial charge in [-0.05, 0) is 32.9 Å². The van der Waals surface area contributed by atoms with Gasteiger partial charge >= 0.3 is 0 Å². The Kier molecular flexibility index (Phi) is 2.87. The topological polar surface area (TPSA) is 45.4 Å². The molecule has 0 aliphatic carbocycles. The Morgan fingerprint density at radius 2 is 2.00 bits per heavy atom. The van der Waals surface area contributed by atoms with Crippen LogP contribution in [0.3, 0.4) is 0 Å². The van der Waals surface area contributed by atoms with Gasteiger partial charge in [-0.1, -0.05) is 12.1 Å². The Labute approximate surface area is 101 Å². The summed E-state index contributed by atoms with van der Waals surface area (Å²) in [4.78, 5) is 0. The molecule has 0 aliphatic rings. The predicted octanol–water partition coefficient (Wildman–Crippen LogP) is 2.68. The van der Waals surface area contributed by atoms with Crippen LogP contribution in [0.25, 0.3) is 10.9 Å². The molecule has 2 aromatic rings. The van der Waals surface area contributed by atoms with E-state index in [1.807, 2.05) is 25.1 Å². The van der Waals surface area contributed by atoms with Gasteiger partial charge in [0, 0.05) is 24.0 Å². The maximum Gasteiger partial charge on any atom is 0.139 e. The summed E-state index contributed by atoms with van der Waals surface area (Å²) >= 11 is 0. The molecule has 0 radical (unpaired) electrons. The molecule has 0 saturated heterocycles. The normalized spacial score (nSPS) is 12.2. The summed E-state index contributed by atoms with van der Waals surface area (Å²) in [6, 6.07) is 7.56. The van der Waals surface area contributed by atoms with Crippen molar-refractivity contribution in [2.24, 2.45) is 0 Å². The van der Waals surface area contributed by atoms with Crippen LogP contribution >= 0.6 is 0 Å². The third-order valence-electron chi connectivity index (χ3n) is 2.91. The third-order valence-corrected chi connectivity index (χ3v) is 2.91. The molecule has 0 bridgehead atoms. The summed E-state index contributed by atoms with van der Waals surface area (Å²) in [5.74, 6) is 0.298. The number of hydrogen-bond acceptors (Lipinski definition) is 2. The number of aromatic nitrogens is 1. The fraction of sp³-hybridized carbons (Fsp3) is 0.429. The summed E-state index contributed by atoms with van der Waals surface area (Å²) in [6.07, 6.45) is 0.578. The van der Waals surface area contributed by atoms with E-state index in [0.717, 1.165) is 23.1 Å². The lowest BCUT2D eigenvalue weighted by molar-refractivity contribution is 0.0791. The van der Waals surface area contributed by atoms with E-state index in [9.17, 15) is 10.2 Å². The largest absolute Gasteiger partial charge is 0.506 e. The highest BCUT2D eigenvalue weighted by Crippen LogP contribution is 2.29. The van der Waals surface area contributed by atoms with Gasteiger partial charge in [0.1, 0.15) is 5.75 Å². The van der Waals surface area contributed by atoms with E-state index in [1.165, 1.54) is 0 Å². The molecule has 0 saturated carbocycles. The van der Waals surface area contributed by atoms with E-state index >= 15 is 0 Å². The van der Waals surface area contributed by atoms with Crippen molar-refractivity contribution in [2.75, 3.05) is 0 Å². The maximum absolute atomic E-state index is 9.91.